The molecule has 0 spiro atoms. The Balaban J connectivity index is 2.44. The van der Waals surface area contributed by atoms with E-state index in [4.69, 9.17) is 14.3 Å². The van der Waals surface area contributed by atoms with E-state index in [1.165, 1.54) is 6.26 Å². The lowest BCUT2D eigenvalue weighted by Gasteiger charge is -2.10. The van der Waals surface area contributed by atoms with E-state index in [0.717, 1.165) is 11.1 Å². The molecule has 4 nitrogen and oxygen atoms in total. The Kier molecular flexibility index (Phi) is 1.62. The Hall–Kier alpha value is -1.29. The van der Waals surface area contributed by atoms with Gasteiger partial charge >= 0.3 is 5.97 Å². The van der Waals surface area contributed by atoms with Gasteiger partial charge in [0.2, 0.25) is 5.76 Å². The first-order valence-corrected chi connectivity index (χ1v) is 3.69. The molecule has 2 heterocycles. The molecular weight excluding hydrogens is 160 g/mol. The Bertz CT molecular complexity index is 313. The van der Waals surface area contributed by atoms with Gasteiger partial charge in [0, 0.05) is 17.5 Å². The first kappa shape index (κ1) is 7.36. The third-order valence-electron chi connectivity index (χ3n) is 1.93. The molecule has 2 rings (SSSR count). The smallest absolute Gasteiger partial charge is 0.372 e. The summed E-state index contributed by atoms with van der Waals surface area (Å²) in [7, 11) is 0. The van der Waals surface area contributed by atoms with Crippen LogP contribution in [-0.4, -0.2) is 17.7 Å². The quantitative estimate of drug-likeness (QED) is 0.680. The second-order valence-electron chi connectivity index (χ2n) is 2.68. The third-order valence-corrected chi connectivity index (χ3v) is 1.93. The van der Waals surface area contributed by atoms with Crippen LogP contribution in [0.3, 0.4) is 0 Å². The van der Waals surface area contributed by atoms with Gasteiger partial charge in [0.05, 0.1) is 19.5 Å². The molecule has 1 N–H and O–H groups in total. The number of furan rings is 1. The highest BCUT2D eigenvalue weighted by atomic mass is 16.5. The number of fused-ring (bicyclic) bond motifs is 1. The van der Waals surface area contributed by atoms with Crippen molar-refractivity contribution in [3.8, 4) is 0 Å². The maximum atomic E-state index is 10.6. The van der Waals surface area contributed by atoms with Crippen LogP contribution in [0.1, 0.15) is 21.7 Å². The summed E-state index contributed by atoms with van der Waals surface area (Å²) in [6.07, 6.45) is 2.09. The van der Waals surface area contributed by atoms with Crippen LogP contribution in [0.25, 0.3) is 0 Å². The maximum Gasteiger partial charge on any atom is 0.372 e. The second-order valence-corrected chi connectivity index (χ2v) is 2.68. The van der Waals surface area contributed by atoms with Crippen molar-refractivity contribution < 1.29 is 19.1 Å². The molecule has 0 fully saturated rings. The fourth-order valence-corrected chi connectivity index (χ4v) is 1.35. The van der Waals surface area contributed by atoms with Crippen LogP contribution in [0.4, 0.5) is 0 Å². The largest absolute Gasteiger partial charge is 0.475 e. The van der Waals surface area contributed by atoms with E-state index >= 15 is 0 Å². The molecule has 1 aliphatic heterocycles. The second kappa shape index (κ2) is 2.64. The van der Waals surface area contributed by atoms with Gasteiger partial charge in [-0.05, 0) is 0 Å². The van der Waals surface area contributed by atoms with Crippen molar-refractivity contribution >= 4 is 5.97 Å². The first-order valence-electron chi connectivity index (χ1n) is 3.69. The van der Waals surface area contributed by atoms with Crippen LogP contribution in [0.15, 0.2) is 10.7 Å². The zero-order valence-corrected chi connectivity index (χ0v) is 6.37. The minimum Gasteiger partial charge on any atom is -0.475 e. The topological polar surface area (TPSA) is 59.7 Å². The van der Waals surface area contributed by atoms with Crippen LogP contribution in [0, 0.1) is 0 Å². The average Bonchev–Trinajstić information content (AvgIpc) is 2.47. The first-order chi connectivity index (χ1) is 5.79. The van der Waals surface area contributed by atoms with Gasteiger partial charge in [-0.2, -0.15) is 0 Å². The van der Waals surface area contributed by atoms with Gasteiger partial charge in [0.25, 0.3) is 0 Å². The number of hydrogen-bond donors (Lipinski definition) is 1. The molecule has 0 amide bonds. The minimum atomic E-state index is -1.00. The van der Waals surface area contributed by atoms with Crippen LogP contribution in [0.5, 0.6) is 0 Å². The number of aromatic carboxylic acids is 1. The van der Waals surface area contributed by atoms with Crippen LogP contribution < -0.4 is 0 Å². The third kappa shape index (κ3) is 1.00. The van der Waals surface area contributed by atoms with E-state index in [1.54, 1.807) is 0 Å². The molecule has 64 valence electrons. The molecular formula is C8H8O4. The van der Waals surface area contributed by atoms with E-state index in [2.05, 4.69) is 0 Å². The van der Waals surface area contributed by atoms with Crippen molar-refractivity contribution in [2.45, 2.75) is 13.0 Å². The molecule has 12 heavy (non-hydrogen) atoms. The van der Waals surface area contributed by atoms with Gasteiger partial charge in [-0.1, -0.05) is 0 Å². The van der Waals surface area contributed by atoms with E-state index in [0.29, 0.717) is 19.6 Å². The highest BCUT2D eigenvalue weighted by Crippen LogP contribution is 2.22. The average molecular weight is 168 g/mol. The molecule has 0 saturated heterocycles. The Morgan fingerprint density at radius 2 is 2.42 bits per heavy atom. The lowest BCUT2D eigenvalue weighted by atomic mass is 10.1. The molecule has 0 radical (unpaired) electrons. The van der Waals surface area contributed by atoms with Crippen molar-refractivity contribution in [3.05, 3.63) is 23.2 Å². The molecule has 0 bridgehead atoms. The number of carbonyl (C=O) groups is 1. The van der Waals surface area contributed by atoms with Crippen molar-refractivity contribution in [1.82, 2.24) is 0 Å². The van der Waals surface area contributed by atoms with E-state index in [-0.39, 0.29) is 5.76 Å². The van der Waals surface area contributed by atoms with E-state index in [1.807, 2.05) is 0 Å². The normalized spacial score (nSPS) is 15.7. The molecule has 1 aromatic rings. The zero-order valence-electron chi connectivity index (χ0n) is 6.37. The standard InChI is InChI=1S/C8H8O4/c9-8(10)7-6-1-2-11-3-5(6)4-12-7/h4H,1-3H2,(H,9,10). The fraction of sp³-hybridized carbons (Fsp3) is 0.375. The fourth-order valence-electron chi connectivity index (χ4n) is 1.35. The van der Waals surface area contributed by atoms with Gasteiger partial charge in [0.15, 0.2) is 0 Å². The molecule has 0 saturated carbocycles. The maximum absolute atomic E-state index is 10.6. The zero-order chi connectivity index (χ0) is 8.55. The van der Waals surface area contributed by atoms with Crippen molar-refractivity contribution in [2.24, 2.45) is 0 Å². The molecule has 1 aliphatic rings. The van der Waals surface area contributed by atoms with Gasteiger partial charge < -0.3 is 14.3 Å². The highest BCUT2D eigenvalue weighted by molar-refractivity contribution is 5.86. The van der Waals surface area contributed by atoms with Gasteiger partial charge in [-0.15, -0.1) is 0 Å². The summed E-state index contributed by atoms with van der Waals surface area (Å²) in [6, 6.07) is 0. The van der Waals surface area contributed by atoms with Gasteiger partial charge in [-0.25, -0.2) is 4.79 Å². The molecule has 4 heteroatoms. The predicted octanol–water partition coefficient (Wildman–Crippen LogP) is 1.05. The minimum absolute atomic E-state index is 0.0632. The summed E-state index contributed by atoms with van der Waals surface area (Å²) in [5, 5.41) is 8.70. The molecule has 0 aromatic carbocycles. The van der Waals surface area contributed by atoms with Crippen molar-refractivity contribution in [1.29, 1.82) is 0 Å². The van der Waals surface area contributed by atoms with Crippen LogP contribution >= 0.6 is 0 Å². The van der Waals surface area contributed by atoms with Crippen LogP contribution in [-0.2, 0) is 17.8 Å². The summed E-state index contributed by atoms with van der Waals surface area (Å²) < 4.78 is 10.0. The number of carboxylic acids is 1. The van der Waals surface area contributed by atoms with E-state index < -0.39 is 5.97 Å². The summed E-state index contributed by atoms with van der Waals surface area (Å²) in [5.74, 6) is -0.938. The number of ether oxygens (including phenoxy) is 1. The van der Waals surface area contributed by atoms with Gasteiger partial charge in [-0.3, -0.25) is 0 Å². The number of rotatable bonds is 1. The SMILES string of the molecule is O=C(O)c1occ2c1CCOC2. The predicted molar refractivity (Wildman–Crippen MR) is 39.0 cm³/mol. The van der Waals surface area contributed by atoms with Crippen molar-refractivity contribution in [2.75, 3.05) is 6.61 Å². The number of hydrogen-bond acceptors (Lipinski definition) is 3. The summed E-state index contributed by atoms with van der Waals surface area (Å²) >= 11 is 0. The molecule has 1 aromatic heterocycles. The summed E-state index contributed by atoms with van der Waals surface area (Å²) in [5.41, 5.74) is 1.65. The Labute approximate surface area is 68.7 Å². The van der Waals surface area contributed by atoms with Gasteiger partial charge in [0.1, 0.15) is 0 Å². The molecule has 0 unspecified atom stereocenters. The Morgan fingerprint density at radius 1 is 1.58 bits per heavy atom. The molecule has 0 atom stereocenters. The van der Waals surface area contributed by atoms with Crippen molar-refractivity contribution in [3.63, 3.8) is 0 Å². The van der Waals surface area contributed by atoms with Crippen LogP contribution in [0.2, 0.25) is 0 Å². The summed E-state index contributed by atoms with van der Waals surface area (Å²) in [4.78, 5) is 10.6. The monoisotopic (exact) mass is 168 g/mol. The summed E-state index contributed by atoms with van der Waals surface area (Å²) in [6.45, 7) is 1.04. The Morgan fingerprint density at radius 3 is 3.17 bits per heavy atom. The number of carboxylic acid groups (broad SMARTS) is 1. The van der Waals surface area contributed by atoms with E-state index in [9.17, 15) is 4.79 Å². The lowest BCUT2D eigenvalue weighted by Crippen LogP contribution is -2.10. The lowest BCUT2D eigenvalue weighted by molar-refractivity contribution is 0.0658. The molecule has 0 aliphatic carbocycles. The highest BCUT2D eigenvalue weighted by Gasteiger charge is 2.21.